The van der Waals surface area contributed by atoms with Crippen molar-refractivity contribution < 1.29 is 23.8 Å². The second-order valence-corrected chi connectivity index (χ2v) is 14.8. The predicted molar refractivity (Wildman–Crippen MR) is 184 cm³/mol. The van der Waals surface area contributed by atoms with Crippen LogP contribution in [0.4, 0.5) is 4.79 Å². The molecular formula is C38H53N3O5. The average Bonchev–Trinajstić information content (AvgIpc) is 3.33. The molecule has 2 heterocycles. The molecule has 0 radical (unpaired) electrons. The van der Waals surface area contributed by atoms with E-state index in [0.29, 0.717) is 31.2 Å². The van der Waals surface area contributed by atoms with Crippen LogP contribution in [0.15, 0.2) is 42.5 Å². The van der Waals surface area contributed by atoms with Gasteiger partial charge in [0.25, 0.3) is 0 Å². The molecule has 1 aliphatic heterocycles. The molecule has 3 aromatic rings. The number of nitrogens with one attached hydrogen (secondary N) is 1. The number of carbonyl (C=O) groups excluding carboxylic acids is 2. The molecule has 2 aromatic carbocycles. The zero-order valence-corrected chi connectivity index (χ0v) is 28.9. The highest BCUT2D eigenvalue weighted by Gasteiger charge is 2.35. The number of hydrogen-bond acceptors (Lipinski definition) is 6. The fraction of sp³-hybridized carbons (Fsp3) is 0.579. The third kappa shape index (κ3) is 7.54. The van der Waals surface area contributed by atoms with Crippen LogP contribution in [0, 0.1) is 5.41 Å². The largest absolute Gasteiger partial charge is 0.491 e. The van der Waals surface area contributed by atoms with E-state index in [1.54, 1.807) is 0 Å². The summed E-state index contributed by atoms with van der Waals surface area (Å²) in [4.78, 5) is 28.7. The van der Waals surface area contributed by atoms with Crippen molar-refractivity contribution in [3.63, 3.8) is 0 Å². The first-order valence-corrected chi connectivity index (χ1v) is 17.0. The lowest BCUT2D eigenvalue weighted by atomic mass is 9.81. The summed E-state index contributed by atoms with van der Waals surface area (Å²) >= 11 is 0. The maximum absolute atomic E-state index is 14.0. The van der Waals surface area contributed by atoms with Crippen molar-refractivity contribution in [2.24, 2.45) is 5.41 Å². The van der Waals surface area contributed by atoms with Gasteiger partial charge in [0, 0.05) is 29.6 Å². The van der Waals surface area contributed by atoms with E-state index >= 15 is 0 Å². The van der Waals surface area contributed by atoms with Gasteiger partial charge < -0.3 is 24.1 Å². The van der Waals surface area contributed by atoms with Gasteiger partial charge in [-0.25, -0.2) is 9.59 Å². The number of nitrogens with zero attached hydrogens (tertiary/aromatic N) is 2. The van der Waals surface area contributed by atoms with Crippen molar-refractivity contribution in [3.8, 4) is 17.0 Å². The molecular weight excluding hydrogens is 578 g/mol. The Morgan fingerprint density at radius 3 is 2.46 bits per heavy atom. The molecule has 0 saturated heterocycles. The van der Waals surface area contributed by atoms with Crippen LogP contribution in [0.1, 0.15) is 101 Å². The Kier molecular flexibility index (Phi) is 10.4. The van der Waals surface area contributed by atoms with Crippen molar-refractivity contribution in [2.45, 2.75) is 104 Å². The van der Waals surface area contributed by atoms with Crippen LogP contribution in [-0.4, -0.2) is 67.0 Å². The van der Waals surface area contributed by atoms with Crippen molar-refractivity contribution in [2.75, 3.05) is 33.9 Å². The van der Waals surface area contributed by atoms with Crippen LogP contribution >= 0.6 is 0 Å². The minimum absolute atomic E-state index is 0.0211. The Hall–Kier alpha value is -3.52. The summed E-state index contributed by atoms with van der Waals surface area (Å²) in [5, 5.41) is 4.42. The summed E-state index contributed by atoms with van der Waals surface area (Å²) in [5.74, 6) is 0.847. The maximum Gasteiger partial charge on any atom is 0.410 e. The van der Waals surface area contributed by atoms with Crippen LogP contribution in [0.5, 0.6) is 5.75 Å². The molecule has 1 fully saturated rings. The lowest BCUT2D eigenvalue weighted by Crippen LogP contribution is -2.49. The van der Waals surface area contributed by atoms with E-state index in [4.69, 9.17) is 14.2 Å². The quantitative estimate of drug-likeness (QED) is 0.240. The molecule has 0 bridgehead atoms. The van der Waals surface area contributed by atoms with Gasteiger partial charge in [-0.05, 0) is 101 Å². The summed E-state index contributed by atoms with van der Waals surface area (Å²) in [7, 11) is 3.39. The lowest BCUT2D eigenvalue weighted by Gasteiger charge is -2.37. The van der Waals surface area contributed by atoms with Crippen molar-refractivity contribution in [1.29, 1.82) is 0 Å². The first-order valence-electron chi connectivity index (χ1n) is 17.0. The number of carbonyl (C=O) groups is 2. The fourth-order valence-electron chi connectivity index (χ4n) is 7.09. The van der Waals surface area contributed by atoms with Crippen LogP contribution < -0.4 is 10.1 Å². The minimum Gasteiger partial charge on any atom is -0.491 e. The molecule has 8 heteroatoms. The molecule has 1 aliphatic carbocycles. The van der Waals surface area contributed by atoms with E-state index in [2.05, 4.69) is 41.9 Å². The van der Waals surface area contributed by atoms with E-state index in [0.717, 1.165) is 60.1 Å². The number of aromatic nitrogens is 1. The Balaban J connectivity index is 1.67. The van der Waals surface area contributed by atoms with E-state index < -0.39 is 5.60 Å². The van der Waals surface area contributed by atoms with Gasteiger partial charge in [0.1, 0.15) is 18.0 Å². The zero-order valence-electron chi connectivity index (χ0n) is 28.9. The molecule has 8 nitrogen and oxygen atoms in total. The van der Waals surface area contributed by atoms with Gasteiger partial charge in [0.15, 0.2) is 0 Å². The molecule has 250 valence electrons. The summed E-state index contributed by atoms with van der Waals surface area (Å²) in [5.41, 5.74) is 4.38. The van der Waals surface area contributed by atoms with Crippen LogP contribution in [0.2, 0.25) is 0 Å². The number of ether oxygens (including phenoxy) is 3. The number of methoxy groups -OCH3 is 1. The van der Waals surface area contributed by atoms with Gasteiger partial charge >= 0.3 is 12.1 Å². The summed E-state index contributed by atoms with van der Waals surface area (Å²) in [6.45, 7) is 12.5. The second-order valence-electron chi connectivity index (χ2n) is 14.8. The van der Waals surface area contributed by atoms with Gasteiger partial charge in [0.2, 0.25) is 0 Å². The highest BCUT2D eigenvalue weighted by Crippen LogP contribution is 2.47. The van der Waals surface area contributed by atoms with Crippen molar-refractivity contribution in [1.82, 2.24) is 14.8 Å². The van der Waals surface area contributed by atoms with E-state index in [9.17, 15) is 9.59 Å². The highest BCUT2D eigenvalue weighted by atomic mass is 16.6. The summed E-state index contributed by atoms with van der Waals surface area (Å²) in [6.07, 6.45) is 7.40. The standard InChI is InChI=1S/C38H53N3O5/c1-37(2,3)46-36(43)40(22-20-38(4,5)19-21-39-6)28-24-41-31-23-27(35(42)44-7)17-18-29(31)33(26-13-9-8-10-14-26)34(41)30-15-11-12-16-32(30)45-25-28/h11-12,15-18,23,26,28,39H,8-10,13-14,19-22,24-25H2,1-7H3/t28-/m1/s1. The number of hydrogen-bond donors (Lipinski definition) is 1. The molecule has 1 saturated carbocycles. The number of esters is 1. The number of rotatable bonds is 9. The number of fused-ring (bicyclic) bond motifs is 5. The van der Waals surface area contributed by atoms with Gasteiger partial charge in [-0.3, -0.25) is 4.90 Å². The Labute approximate surface area is 274 Å². The third-order valence-corrected chi connectivity index (χ3v) is 9.66. The maximum atomic E-state index is 14.0. The molecule has 0 unspecified atom stereocenters. The smallest absolute Gasteiger partial charge is 0.410 e. The number of amides is 1. The van der Waals surface area contributed by atoms with Crippen LogP contribution in [0.25, 0.3) is 22.2 Å². The topological polar surface area (TPSA) is 82.0 Å². The lowest BCUT2D eigenvalue weighted by molar-refractivity contribution is 0.00568. The molecule has 46 heavy (non-hydrogen) atoms. The number of para-hydroxylation sites is 1. The first-order chi connectivity index (χ1) is 21.9. The predicted octanol–water partition coefficient (Wildman–Crippen LogP) is 8.17. The van der Waals surface area contributed by atoms with E-state index in [-0.39, 0.29) is 23.5 Å². The molecule has 1 atom stereocenters. The van der Waals surface area contributed by atoms with Gasteiger partial charge in [-0.15, -0.1) is 0 Å². The van der Waals surface area contributed by atoms with E-state index in [1.807, 2.05) is 57.0 Å². The highest BCUT2D eigenvalue weighted by molar-refractivity contribution is 5.99. The van der Waals surface area contributed by atoms with Gasteiger partial charge in [0.05, 0.1) is 24.4 Å². The normalized spacial score (nSPS) is 17.3. The SMILES string of the molecule is CNCCC(C)(C)CCN(C(=O)OC(C)(C)C)[C@H]1COc2ccccc2-c2c(C3CCCCC3)c3ccc(C(=O)OC)cc3n2C1. The molecule has 1 amide bonds. The fourth-order valence-corrected chi connectivity index (χ4v) is 7.09. The Bertz CT molecular complexity index is 1530. The average molecular weight is 632 g/mol. The van der Waals surface area contributed by atoms with E-state index in [1.165, 1.54) is 31.9 Å². The zero-order chi connectivity index (χ0) is 33.1. The van der Waals surface area contributed by atoms with Crippen LogP contribution in [0.3, 0.4) is 0 Å². The summed E-state index contributed by atoms with van der Waals surface area (Å²) in [6, 6.07) is 13.9. The third-order valence-electron chi connectivity index (χ3n) is 9.66. The molecule has 1 N–H and O–H groups in total. The Morgan fingerprint density at radius 2 is 1.76 bits per heavy atom. The first kappa shape index (κ1) is 33.8. The Morgan fingerprint density at radius 1 is 1.02 bits per heavy atom. The number of benzene rings is 2. The van der Waals surface area contributed by atoms with Crippen molar-refractivity contribution in [3.05, 3.63) is 53.6 Å². The van der Waals surface area contributed by atoms with Crippen LogP contribution in [-0.2, 0) is 16.0 Å². The van der Waals surface area contributed by atoms with Crippen molar-refractivity contribution >= 4 is 23.0 Å². The molecule has 2 aliphatic rings. The minimum atomic E-state index is -0.638. The molecule has 5 rings (SSSR count). The summed E-state index contributed by atoms with van der Waals surface area (Å²) < 4.78 is 20.1. The van der Waals surface area contributed by atoms with Gasteiger partial charge in [-0.1, -0.05) is 51.3 Å². The molecule has 1 aromatic heterocycles. The van der Waals surface area contributed by atoms with Gasteiger partial charge in [-0.2, -0.15) is 0 Å². The molecule has 0 spiro atoms. The second kappa shape index (κ2) is 14.1. The monoisotopic (exact) mass is 631 g/mol.